The third kappa shape index (κ3) is 3.59. The molecule has 1 heterocycles. The van der Waals surface area contributed by atoms with E-state index in [9.17, 15) is 4.79 Å². The number of carbonyl (C=O) groups excluding carboxylic acids is 1. The maximum absolute atomic E-state index is 10.8. The molecule has 0 saturated heterocycles. The summed E-state index contributed by atoms with van der Waals surface area (Å²) in [6.45, 7) is 0.378. The quantitative estimate of drug-likeness (QED) is 0.740. The SMILES string of the molecule is COC(=O)CCNc1nc(N)ncc1Cl. The lowest BCUT2D eigenvalue weighted by molar-refractivity contribution is -0.140. The molecule has 6 nitrogen and oxygen atoms in total. The molecule has 0 bridgehead atoms. The summed E-state index contributed by atoms with van der Waals surface area (Å²) in [5.74, 6) is 0.230. The maximum Gasteiger partial charge on any atom is 0.307 e. The number of rotatable bonds is 4. The van der Waals surface area contributed by atoms with E-state index in [1.807, 2.05) is 0 Å². The summed E-state index contributed by atoms with van der Waals surface area (Å²) >= 11 is 5.79. The van der Waals surface area contributed by atoms with Crippen LogP contribution in [-0.4, -0.2) is 29.6 Å². The Labute approximate surface area is 91.8 Å². The number of ether oxygens (including phenoxy) is 1. The molecular formula is C8H11ClN4O2. The molecule has 0 spiro atoms. The van der Waals surface area contributed by atoms with Crippen molar-refractivity contribution >= 4 is 29.3 Å². The van der Waals surface area contributed by atoms with Gasteiger partial charge >= 0.3 is 5.97 Å². The van der Waals surface area contributed by atoms with Crippen LogP contribution in [0.5, 0.6) is 0 Å². The van der Waals surface area contributed by atoms with Crippen molar-refractivity contribution in [2.24, 2.45) is 0 Å². The van der Waals surface area contributed by atoms with Crippen molar-refractivity contribution in [1.82, 2.24) is 9.97 Å². The fourth-order valence-electron chi connectivity index (χ4n) is 0.890. The topological polar surface area (TPSA) is 90.1 Å². The molecule has 15 heavy (non-hydrogen) atoms. The minimum atomic E-state index is -0.305. The number of esters is 1. The highest BCUT2D eigenvalue weighted by Crippen LogP contribution is 2.17. The second kappa shape index (κ2) is 5.35. The van der Waals surface area contributed by atoms with Crippen molar-refractivity contribution in [3.8, 4) is 0 Å². The number of nitrogens with one attached hydrogen (secondary N) is 1. The molecule has 0 unspecified atom stereocenters. The molecule has 0 fully saturated rings. The van der Waals surface area contributed by atoms with Crippen molar-refractivity contribution in [2.75, 3.05) is 24.7 Å². The van der Waals surface area contributed by atoms with Crippen LogP contribution in [0.25, 0.3) is 0 Å². The van der Waals surface area contributed by atoms with E-state index in [1.165, 1.54) is 13.3 Å². The third-order valence-corrected chi connectivity index (χ3v) is 1.89. The monoisotopic (exact) mass is 230 g/mol. The Morgan fingerprint density at radius 3 is 3.13 bits per heavy atom. The van der Waals surface area contributed by atoms with Gasteiger partial charge < -0.3 is 15.8 Å². The van der Waals surface area contributed by atoms with Crippen molar-refractivity contribution in [1.29, 1.82) is 0 Å². The Bertz CT molecular complexity index is 358. The zero-order valence-corrected chi connectivity index (χ0v) is 8.91. The van der Waals surface area contributed by atoms with E-state index >= 15 is 0 Å². The van der Waals surface area contributed by atoms with Gasteiger partial charge in [-0.2, -0.15) is 4.98 Å². The summed E-state index contributed by atoms with van der Waals surface area (Å²) in [4.78, 5) is 18.4. The number of anilines is 2. The van der Waals surface area contributed by atoms with Crippen LogP contribution in [0.2, 0.25) is 5.02 Å². The molecule has 0 saturated carbocycles. The van der Waals surface area contributed by atoms with Crippen LogP contribution >= 0.6 is 11.6 Å². The highest BCUT2D eigenvalue weighted by molar-refractivity contribution is 6.32. The molecule has 1 aromatic rings. The second-order valence-electron chi connectivity index (χ2n) is 2.68. The molecule has 1 rings (SSSR count). The average Bonchev–Trinajstić information content (AvgIpc) is 2.23. The molecule has 0 radical (unpaired) electrons. The Morgan fingerprint density at radius 2 is 2.47 bits per heavy atom. The van der Waals surface area contributed by atoms with E-state index in [0.29, 0.717) is 17.4 Å². The summed E-state index contributed by atoms with van der Waals surface area (Å²) in [5, 5.41) is 3.21. The van der Waals surface area contributed by atoms with Crippen LogP contribution in [0, 0.1) is 0 Å². The summed E-state index contributed by atoms with van der Waals surface area (Å²) in [6, 6.07) is 0. The fourth-order valence-corrected chi connectivity index (χ4v) is 1.05. The molecule has 1 aromatic heterocycles. The normalized spacial score (nSPS) is 9.73. The molecule has 3 N–H and O–H groups in total. The number of hydrogen-bond donors (Lipinski definition) is 2. The first-order valence-electron chi connectivity index (χ1n) is 4.22. The van der Waals surface area contributed by atoms with Gasteiger partial charge in [-0.3, -0.25) is 4.79 Å². The van der Waals surface area contributed by atoms with E-state index in [0.717, 1.165) is 0 Å². The largest absolute Gasteiger partial charge is 0.469 e. The first kappa shape index (κ1) is 11.5. The number of aromatic nitrogens is 2. The van der Waals surface area contributed by atoms with Crippen molar-refractivity contribution in [2.45, 2.75) is 6.42 Å². The van der Waals surface area contributed by atoms with Gasteiger partial charge in [0.15, 0.2) is 0 Å². The predicted octanol–water partition coefficient (Wildman–Crippen LogP) is 0.687. The zero-order valence-electron chi connectivity index (χ0n) is 8.16. The van der Waals surface area contributed by atoms with Gasteiger partial charge in [0.25, 0.3) is 0 Å². The van der Waals surface area contributed by atoms with Gasteiger partial charge in [0.05, 0.1) is 19.7 Å². The van der Waals surface area contributed by atoms with Crippen molar-refractivity contribution in [3.63, 3.8) is 0 Å². The Morgan fingerprint density at radius 1 is 1.73 bits per heavy atom. The molecule has 0 aromatic carbocycles. The molecule has 82 valence electrons. The summed E-state index contributed by atoms with van der Waals surface area (Å²) in [7, 11) is 1.33. The number of nitrogens with zero attached hydrogens (tertiary/aromatic N) is 2. The Hall–Kier alpha value is -1.56. The molecule has 0 amide bonds. The van der Waals surface area contributed by atoms with E-state index in [4.69, 9.17) is 17.3 Å². The van der Waals surface area contributed by atoms with Gasteiger partial charge in [0.1, 0.15) is 10.8 Å². The van der Waals surface area contributed by atoms with Gasteiger partial charge in [-0.05, 0) is 0 Å². The van der Waals surface area contributed by atoms with Crippen LogP contribution < -0.4 is 11.1 Å². The van der Waals surface area contributed by atoms with E-state index in [-0.39, 0.29) is 18.3 Å². The lowest BCUT2D eigenvalue weighted by Crippen LogP contribution is -2.11. The Balaban J connectivity index is 2.50. The smallest absolute Gasteiger partial charge is 0.307 e. The fraction of sp³-hybridized carbons (Fsp3) is 0.375. The summed E-state index contributed by atoms with van der Waals surface area (Å²) in [5.41, 5.74) is 5.37. The van der Waals surface area contributed by atoms with E-state index < -0.39 is 0 Å². The van der Waals surface area contributed by atoms with Gasteiger partial charge in [0, 0.05) is 6.54 Å². The van der Waals surface area contributed by atoms with E-state index in [2.05, 4.69) is 20.0 Å². The highest BCUT2D eigenvalue weighted by atomic mass is 35.5. The average molecular weight is 231 g/mol. The second-order valence-corrected chi connectivity index (χ2v) is 3.08. The molecule has 0 aliphatic heterocycles. The lowest BCUT2D eigenvalue weighted by atomic mass is 10.4. The molecular weight excluding hydrogens is 220 g/mol. The summed E-state index contributed by atoms with van der Waals surface area (Å²) in [6.07, 6.45) is 1.63. The molecule has 7 heteroatoms. The van der Waals surface area contributed by atoms with Crippen LogP contribution in [0.3, 0.4) is 0 Å². The number of carbonyl (C=O) groups is 1. The third-order valence-electron chi connectivity index (χ3n) is 1.61. The first-order valence-corrected chi connectivity index (χ1v) is 4.60. The van der Waals surface area contributed by atoms with Gasteiger partial charge in [-0.1, -0.05) is 11.6 Å². The van der Waals surface area contributed by atoms with Crippen LogP contribution in [-0.2, 0) is 9.53 Å². The number of halogens is 1. The van der Waals surface area contributed by atoms with Crippen molar-refractivity contribution in [3.05, 3.63) is 11.2 Å². The lowest BCUT2D eigenvalue weighted by Gasteiger charge is -2.06. The number of methoxy groups -OCH3 is 1. The zero-order chi connectivity index (χ0) is 11.3. The number of nitrogen functional groups attached to an aromatic ring is 1. The standard InChI is InChI=1S/C8H11ClN4O2/c1-15-6(14)2-3-11-7-5(9)4-12-8(10)13-7/h4H,2-3H2,1H3,(H3,10,11,12,13). The van der Waals surface area contributed by atoms with E-state index in [1.54, 1.807) is 0 Å². The predicted molar refractivity (Wildman–Crippen MR) is 56.6 cm³/mol. The highest BCUT2D eigenvalue weighted by Gasteiger charge is 2.04. The van der Waals surface area contributed by atoms with Crippen LogP contribution in [0.15, 0.2) is 6.20 Å². The van der Waals surface area contributed by atoms with Crippen LogP contribution in [0.4, 0.5) is 11.8 Å². The molecule has 0 aliphatic carbocycles. The number of nitrogens with two attached hydrogens (primary N) is 1. The van der Waals surface area contributed by atoms with Gasteiger partial charge in [-0.25, -0.2) is 4.98 Å². The van der Waals surface area contributed by atoms with Crippen molar-refractivity contribution < 1.29 is 9.53 Å². The Kier molecular flexibility index (Phi) is 4.11. The maximum atomic E-state index is 10.8. The summed E-state index contributed by atoms with van der Waals surface area (Å²) < 4.78 is 4.47. The van der Waals surface area contributed by atoms with Gasteiger partial charge in [0.2, 0.25) is 5.95 Å². The molecule has 0 atom stereocenters. The minimum absolute atomic E-state index is 0.125. The minimum Gasteiger partial charge on any atom is -0.469 e. The first-order chi connectivity index (χ1) is 7.13. The molecule has 0 aliphatic rings. The van der Waals surface area contributed by atoms with Crippen LogP contribution in [0.1, 0.15) is 6.42 Å². The number of hydrogen-bond acceptors (Lipinski definition) is 6. The van der Waals surface area contributed by atoms with Gasteiger partial charge in [-0.15, -0.1) is 0 Å².